The summed E-state index contributed by atoms with van der Waals surface area (Å²) >= 11 is 6.70. The van der Waals surface area contributed by atoms with Gasteiger partial charge in [0.1, 0.15) is 5.01 Å². The summed E-state index contributed by atoms with van der Waals surface area (Å²) in [6.45, 7) is 3.73. The molecule has 0 saturated carbocycles. The van der Waals surface area contributed by atoms with Crippen LogP contribution in [0.2, 0.25) is 5.02 Å². The van der Waals surface area contributed by atoms with Crippen LogP contribution in [0.25, 0.3) is 0 Å². The van der Waals surface area contributed by atoms with E-state index in [9.17, 15) is 26.4 Å². The number of benzene rings is 1. The highest BCUT2D eigenvalue weighted by Gasteiger charge is 2.34. The number of nitrogens with zero attached hydrogens (tertiary/aromatic N) is 2. The van der Waals surface area contributed by atoms with E-state index in [1.807, 2.05) is 13.8 Å². The summed E-state index contributed by atoms with van der Waals surface area (Å²) in [6.07, 6.45) is -4.31. The van der Waals surface area contributed by atoms with Gasteiger partial charge in [-0.2, -0.15) is 13.2 Å². The molecule has 7 nitrogen and oxygen atoms in total. The smallest absolute Gasteiger partial charge is 0.300 e. The lowest BCUT2D eigenvalue weighted by molar-refractivity contribution is -0.137. The van der Waals surface area contributed by atoms with Gasteiger partial charge in [0.2, 0.25) is 21.1 Å². The van der Waals surface area contributed by atoms with Gasteiger partial charge in [-0.3, -0.25) is 4.79 Å². The van der Waals surface area contributed by atoms with Gasteiger partial charge in [0.15, 0.2) is 0 Å². The van der Waals surface area contributed by atoms with Crippen LogP contribution in [0.5, 0.6) is 0 Å². The first-order valence-electron chi connectivity index (χ1n) is 8.37. The first-order valence-corrected chi connectivity index (χ1v) is 11.0. The topological polar surface area (TPSA) is 101 Å². The second-order valence-electron chi connectivity index (χ2n) is 6.43. The predicted molar refractivity (Wildman–Crippen MR) is 103 cm³/mol. The molecule has 13 heteroatoms. The van der Waals surface area contributed by atoms with E-state index in [1.165, 1.54) is 11.3 Å². The van der Waals surface area contributed by atoms with Gasteiger partial charge in [0.25, 0.3) is 0 Å². The van der Waals surface area contributed by atoms with Gasteiger partial charge in [-0.1, -0.05) is 36.8 Å². The molecule has 1 aromatic heterocycles. The lowest BCUT2D eigenvalue weighted by Gasteiger charge is -2.12. The van der Waals surface area contributed by atoms with E-state index in [0.717, 1.165) is 17.1 Å². The monoisotopic (exact) mass is 470 g/mol. The predicted octanol–water partition coefficient (Wildman–Crippen LogP) is 3.72. The first-order chi connectivity index (χ1) is 13.4. The maximum Gasteiger partial charge on any atom is 0.417 e. The molecule has 0 fully saturated rings. The Morgan fingerprint density at radius 2 is 1.97 bits per heavy atom. The van der Waals surface area contributed by atoms with Crippen molar-refractivity contribution in [2.45, 2.75) is 37.8 Å². The molecule has 0 aliphatic heterocycles. The fourth-order valence-corrected chi connectivity index (χ4v) is 4.44. The van der Waals surface area contributed by atoms with Crippen molar-refractivity contribution in [1.82, 2.24) is 14.9 Å². The molecule has 2 rings (SSSR count). The quantitative estimate of drug-likeness (QED) is 0.612. The highest BCUT2D eigenvalue weighted by atomic mass is 35.5. The summed E-state index contributed by atoms with van der Waals surface area (Å²) < 4.78 is 65.2. The Kier molecular flexibility index (Phi) is 7.60. The minimum Gasteiger partial charge on any atom is -0.300 e. The molecular formula is C16H18ClF3N4O3S2. The van der Waals surface area contributed by atoms with Gasteiger partial charge in [-0.05, 0) is 24.1 Å². The fraction of sp³-hybridized carbons (Fsp3) is 0.438. The molecule has 1 aromatic carbocycles. The zero-order valence-electron chi connectivity index (χ0n) is 15.4. The minimum absolute atomic E-state index is 0.238. The molecule has 1 amide bonds. The van der Waals surface area contributed by atoms with Crippen LogP contribution in [0, 0.1) is 5.92 Å². The van der Waals surface area contributed by atoms with Gasteiger partial charge in [-0.15, -0.1) is 10.2 Å². The Morgan fingerprint density at radius 1 is 1.28 bits per heavy atom. The number of anilines is 1. The molecule has 2 aromatic rings. The Bertz CT molecular complexity index is 978. The molecule has 0 spiro atoms. The van der Waals surface area contributed by atoms with Crippen molar-refractivity contribution in [3.63, 3.8) is 0 Å². The lowest BCUT2D eigenvalue weighted by Crippen LogP contribution is -2.28. The van der Waals surface area contributed by atoms with E-state index in [4.69, 9.17) is 11.6 Å². The number of hydrogen-bond acceptors (Lipinski definition) is 6. The maximum atomic E-state index is 12.9. The largest absolute Gasteiger partial charge is 0.417 e. The normalized spacial score (nSPS) is 12.4. The summed E-state index contributed by atoms with van der Waals surface area (Å²) in [5.74, 6) is -0.126. The van der Waals surface area contributed by atoms with Gasteiger partial charge < -0.3 is 5.32 Å². The molecule has 1 heterocycles. The van der Waals surface area contributed by atoms with E-state index in [0.29, 0.717) is 23.5 Å². The standard InChI is InChI=1S/C16H18ClF3N4O3S2/c1-9(2)7-14-23-24-15(28-14)22-13(25)5-6-21-29(26,27)10-3-4-12(17)11(8-10)16(18,19)20/h3-4,8-9,21H,5-7H2,1-2H3,(H,22,24,25). The zero-order valence-corrected chi connectivity index (χ0v) is 17.8. The van der Waals surface area contributed by atoms with Gasteiger partial charge in [0, 0.05) is 19.4 Å². The Labute approximate surface area is 174 Å². The third-order valence-electron chi connectivity index (χ3n) is 3.49. The lowest BCUT2D eigenvalue weighted by atomic mass is 10.1. The maximum absolute atomic E-state index is 12.9. The van der Waals surface area contributed by atoms with Crippen molar-refractivity contribution in [3.8, 4) is 0 Å². The number of carbonyl (C=O) groups excluding carboxylic acids is 1. The molecular weight excluding hydrogens is 453 g/mol. The van der Waals surface area contributed by atoms with Gasteiger partial charge in [-0.25, -0.2) is 13.1 Å². The summed E-state index contributed by atoms with van der Waals surface area (Å²) in [5.41, 5.74) is -1.26. The van der Waals surface area contributed by atoms with Crippen molar-refractivity contribution >= 4 is 44.0 Å². The molecule has 160 valence electrons. The third-order valence-corrected chi connectivity index (χ3v) is 6.14. The number of rotatable bonds is 8. The van der Waals surface area contributed by atoms with E-state index in [2.05, 4.69) is 20.2 Å². The molecule has 0 saturated heterocycles. The Morgan fingerprint density at radius 3 is 2.59 bits per heavy atom. The average molecular weight is 471 g/mol. The van der Waals surface area contributed by atoms with Crippen molar-refractivity contribution in [3.05, 3.63) is 33.8 Å². The van der Waals surface area contributed by atoms with Crippen LogP contribution in [-0.2, 0) is 27.4 Å². The van der Waals surface area contributed by atoms with Crippen molar-refractivity contribution in [2.24, 2.45) is 5.92 Å². The van der Waals surface area contributed by atoms with Crippen LogP contribution in [0.15, 0.2) is 23.1 Å². The van der Waals surface area contributed by atoms with Crippen molar-refractivity contribution in [2.75, 3.05) is 11.9 Å². The molecule has 0 unspecified atom stereocenters. The van der Waals surface area contributed by atoms with E-state index < -0.39 is 37.6 Å². The number of sulfonamides is 1. The van der Waals surface area contributed by atoms with Crippen LogP contribution in [0.4, 0.5) is 18.3 Å². The Hall–Kier alpha value is -1.76. The summed E-state index contributed by atoms with van der Waals surface area (Å²) in [7, 11) is -4.25. The molecule has 0 aliphatic rings. The number of aromatic nitrogens is 2. The Balaban J connectivity index is 1.94. The van der Waals surface area contributed by atoms with E-state index >= 15 is 0 Å². The molecule has 29 heavy (non-hydrogen) atoms. The molecule has 2 N–H and O–H groups in total. The molecule has 0 radical (unpaired) electrons. The molecule has 0 atom stereocenters. The van der Waals surface area contributed by atoms with Crippen molar-refractivity contribution in [1.29, 1.82) is 0 Å². The van der Waals surface area contributed by atoms with Crippen molar-refractivity contribution < 1.29 is 26.4 Å². The highest BCUT2D eigenvalue weighted by molar-refractivity contribution is 7.89. The number of hydrogen-bond donors (Lipinski definition) is 2. The highest BCUT2D eigenvalue weighted by Crippen LogP contribution is 2.35. The van der Waals surface area contributed by atoms with E-state index in [1.54, 1.807) is 0 Å². The second-order valence-corrected chi connectivity index (χ2v) is 9.67. The molecule has 0 aliphatic carbocycles. The number of nitrogens with one attached hydrogen (secondary N) is 2. The van der Waals surface area contributed by atoms with Crippen LogP contribution in [0.1, 0.15) is 30.8 Å². The summed E-state index contributed by atoms with van der Waals surface area (Å²) in [6, 6.07) is 2.26. The summed E-state index contributed by atoms with van der Waals surface area (Å²) in [5, 5.41) is 10.7. The minimum atomic E-state index is -4.79. The third kappa shape index (κ3) is 6.91. The van der Waals surface area contributed by atoms with Crippen LogP contribution in [0.3, 0.4) is 0 Å². The summed E-state index contributed by atoms with van der Waals surface area (Å²) in [4.78, 5) is 11.3. The molecule has 0 bridgehead atoms. The fourth-order valence-electron chi connectivity index (χ4n) is 2.19. The van der Waals surface area contributed by atoms with E-state index in [-0.39, 0.29) is 13.0 Å². The average Bonchev–Trinajstić information content (AvgIpc) is 2.99. The second kappa shape index (κ2) is 9.37. The van der Waals surface area contributed by atoms with Crippen LogP contribution < -0.4 is 10.0 Å². The number of halogens is 4. The first kappa shape index (κ1) is 23.5. The SMILES string of the molecule is CC(C)Cc1nnc(NC(=O)CCNS(=O)(=O)c2ccc(Cl)c(C(F)(F)F)c2)s1. The number of amides is 1. The number of alkyl halides is 3. The number of carbonyl (C=O) groups is 1. The van der Waals surface area contributed by atoms with Gasteiger partial charge in [0.05, 0.1) is 15.5 Å². The zero-order chi connectivity index (χ0) is 21.8. The van der Waals surface area contributed by atoms with Gasteiger partial charge >= 0.3 is 6.18 Å². The van der Waals surface area contributed by atoms with Crippen LogP contribution >= 0.6 is 22.9 Å². The van der Waals surface area contributed by atoms with Crippen LogP contribution in [-0.4, -0.2) is 31.1 Å².